The molecule has 1 aliphatic heterocycles. The second-order valence-corrected chi connectivity index (χ2v) is 6.56. The van der Waals surface area contributed by atoms with E-state index in [2.05, 4.69) is 43.1 Å². The summed E-state index contributed by atoms with van der Waals surface area (Å²) in [6, 6.07) is 6.68. The number of anilines is 1. The third-order valence-corrected chi connectivity index (χ3v) is 4.16. The lowest BCUT2D eigenvalue weighted by molar-refractivity contribution is 0.0929. The van der Waals surface area contributed by atoms with E-state index in [0.29, 0.717) is 12.0 Å². The van der Waals surface area contributed by atoms with Gasteiger partial charge in [-0.3, -0.25) is 0 Å². The Kier molecular flexibility index (Phi) is 6.34. The van der Waals surface area contributed by atoms with E-state index in [1.54, 1.807) is 0 Å². The van der Waals surface area contributed by atoms with Crippen LogP contribution in [0.1, 0.15) is 32.8 Å². The lowest BCUT2D eigenvalue weighted by Gasteiger charge is -2.38. The highest BCUT2D eigenvalue weighted by molar-refractivity contribution is 6.30. The van der Waals surface area contributed by atoms with Gasteiger partial charge < -0.3 is 15.0 Å². The Morgan fingerprint density at radius 3 is 2.95 bits per heavy atom. The van der Waals surface area contributed by atoms with Crippen molar-refractivity contribution in [1.82, 2.24) is 5.32 Å². The zero-order valence-electron chi connectivity index (χ0n) is 13.4. The number of nitrogens with zero attached hydrogens (tertiary/aromatic N) is 1. The third kappa shape index (κ3) is 4.60. The Labute approximate surface area is 133 Å². The van der Waals surface area contributed by atoms with Crippen molar-refractivity contribution in [2.45, 2.75) is 39.8 Å². The maximum Gasteiger partial charge on any atom is 0.0670 e. The molecule has 1 saturated heterocycles. The molecule has 0 aromatic heterocycles. The first-order valence-electron chi connectivity index (χ1n) is 7.95. The predicted octanol–water partition coefficient (Wildman–Crippen LogP) is 3.70. The van der Waals surface area contributed by atoms with Gasteiger partial charge in [0.1, 0.15) is 0 Å². The van der Waals surface area contributed by atoms with Crippen molar-refractivity contribution >= 4 is 17.3 Å². The van der Waals surface area contributed by atoms with Gasteiger partial charge >= 0.3 is 0 Å². The largest absolute Gasteiger partial charge is 0.377 e. The number of morpholine rings is 1. The summed E-state index contributed by atoms with van der Waals surface area (Å²) in [5.74, 6) is 0.660. The molecule has 4 heteroatoms. The summed E-state index contributed by atoms with van der Waals surface area (Å²) < 4.78 is 5.62. The van der Waals surface area contributed by atoms with Crippen molar-refractivity contribution in [3.8, 4) is 0 Å². The Hall–Kier alpha value is -0.770. The van der Waals surface area contributed by atoms with Gasteiger partial charge in [0.2, 0.25) is 0 Å². The summed E-state index contributed by atoms with van der Waals surface area (Å²) in [6.07, 6.45) is 1.09. The molecule has 1 heterocycles. The normalized spacial score (nSPS) is 19.3. The van der Waals surface area contributed by atoms with Crippen LogP contribution in [0.25, 0.3) is 0 Å². The second kappa shape index (κ2) is 8.02. The second-order valence-electron chi connectivity index (χ2n) is 6.13. The molecule has 1 N–H and O–H groups in total. The minimum atomic E-state index is 0.445. The molecule has 118 valence electrons. The van der Waals surface area contributed by atoms with Gasteiger partial charge in [-0.2, -0.15) is 0 Å². The van der Waals surface area contributed by atoms with Gasteiger partial charge in [-0.25, -0.2) is 0 Å². The molecule has 3 nitrogen and oxygen atoms in total. The van der Waals surface area contributed by atoms with Crippen molar-refractivity contribution in [2.24, 2.45) is 5.92 Å². The van der Waals surface area contributed by atoms with Gasteiger partial charge in [-0.15, -0.1) is 0 Å². The SMILES string of the molecule is CCC1COCCN1c1cc(Cl)ccc1CNCC(C)C. The average Bonchev–Trinajstić information content (AvgIpc) is 2.48. The monoisotopic (exact) mass is 310 g/mol. The van der Waals surface area contributed by atoms with Crippen molar-refractivity contribution < 1.29 is 4.74 Å². The first-order chi connectivity index (χ1) is 10.1. The molecule has 0 radical (unpaired) electrons. The van der Waals surface area contributed by atoms with Gasteiger partial charge in [0, 0.05) is 23.8 Å². The maximum atomic E-state index is 6.23. The molecule has 0 saturated carbocycles. The van der Waals surface area contributed by atoms with Crippen LogP contribution < -0.4 is 10.2 Å². The van der Waals surface area contributed by atoms with E-state index in [0.717, 1.165) is 44.3 Å². The molecule has 0 aliphatic carbocycles. The molecule has 0 bridgehead atoms. The molecule has 1 unspecified atom stereocenters. The fourth-order valence-corrected chi connectivity index (χ4v) is 2.93. The first kappa shape index (κ1) is 16.6. The molecule has 1 aliphatic rings. The standard InChI is InChI=1S/C17H27ClN2O/c1-4-16-12-21-8-7-20(16)17-9-15(18)6-5-14(17)11-19-10-13(2)3/h5-6,9,13,16,19H,4,7-8,10-12H2,1-3H3. The zero-order chi connectivity index (χ0) is 15.2. The lowest BCUT2D eigenvalue weighted by Crippen LogP contribution is -2.45. The Bertz CT molecular complexity index is 450. The molecule has 0 amide bonds. The summed E-state index contributed by atoms with van der Waals surface area (Å²) in [6.45, 7) is 11.1. The minimum absolute atomic E-state index is 0.445. The molecule has 1 fully saturated rings. The summed E-state index contributed by atoms with van der Waals surface area (Å²) in [7, 11) is 0. The number of nitrogens with one attached hydrogen (secondary N) is 1. The number of halogens is 1. The Morgan fingerprint density at radius 1 is 1.43 bits per heavy atom. The molecule has 1 atom stereocenters. The summed E-state index contributed by atoms with van der Waals surface area (Å²) >= 11 is 6.23. The van der Waals surface area contributed by atoms with E-state index in [1.165, 1.54) is 11.3 Å². The zero-order valence-corrected chi connectivity index (χ0v) is 14.1. The molecular formula is C17H27ClN2O. The van der Waals surface area contributed by atoms with Crippen LogP contribution in [0.3, 0.4) is 0 Å². The predicted molar refractivity (Wildman–Crippen MR) is 90.2 cm³/mol. The highest BCUT2D eigenvalue weighted by Crippen LogP contribution is 2.28. The summed E-state index contributed by atoms with van der Waals surface area (Å²) in [5, 5.41) is 4.34. The van der Waals surface area contributed by atoms with Gasteiger partial charge in [0.15, 0.2) is 0 Å². The van der Waals surface area contributed by atoms with E-state index < -0.39 is 0 Å². The van der Waals surface area contributed by atoms with Crippen LogP contribution in [-0.4, -0.2) is 32.3 Å². The smallest absolute Gasteiger partial charge is 0.0670 e. The van der Waals surface area contributed by atoms with Crippen LogP contribution >= 0.6 is 11.6 Å². The Balaban J connectivity index is 2.17. The van der Waals surface area contributed by atoms with Gasteiger partial charge in [-0.05, 0) is 36.6 Å². The van der Waals surface area contributed by atoms with Gasteiger partial charge in [0.05, 0.1) is 19.3 Å². The Morgan fingerprint density at radius 2 is 2.24 bits per heavy atom. The van der Waals surface area contributed by atoms with E-state index in [4.69, 9.17) is 16.3 Å². The average molecular weight is 311 g/mol. The van der Waals surface area contributed by atoms with E-state index >= 15 is 0 Å². The van der Waals surface area contributed by atoms with Crippen molar-refractivity contribution in [3.05, 3.63) is 28.8 Å². The first-order valence-corrected chi connectivity index (χ1v) is 8.33. The number of ether oxygens (including phenoxy) is 1. The van der Waals surface area contributed by atoms with Crippen molar-refractivity contribution in [2.75, 3.05) is 31.2 Å². The fraction of sp³-hybridized carbons (Fsp3) is 0.647. The van der Waals surface area contributed by atoms with Crippen LogP contribution in [0.4, 0.5) is 5.69 Å². The quantitative estimate of drug-likeness (QED) is 0.867. The number of rotatable bonds is 6. The van der Waals surface area contributed by atoms with Crippen LogP contribution in [0.2, 0.25) is 5.02 Å². The molecule has 2 rings (SSSR count). The highest BCUT2D eigenvalue weighted by Gasteiger charge is 2.23. The molecule has 1 aromatic carbocycles. The van der Waals surface area contributed by atoms with Crippen LogP contribution in [0.5, 0.6) is 0 Å². The van der Waals surface area contributed by atoms with E-state index in [-0.39, 0.29) is 0 Å². The fourth-order valence-electron chi connectivity index (χ4n) is 2.76. The summed E-state index contributed by atoms with van der Waals surface area (Å²) in [4.78, 5) is 2.46. The minimum Gasteiger partial charge on any atom is -0.377 e. The number of benzene rings is 1. The molecule has 0 spiro atoms. The van der Waals surface area contributed by atoms with E-state index in [1.807, 2.05) is 6.07 Å². The van der Waals surface area contributed by atoms with Crippen molar-refractivity contribution in [1.29, 1.82) is 0 Å². The molecule has 21 heavy (non-hydrogen) atoms. The highest BCUT2D eigenvalue weighted by atomic mass is 35.5. The van der Waals surface area contributed by atoms with Crippen LogP contribution in [-0.2, 0) is 11.3 Å². The van der Waals surface area contributed by atoms with Crippen LogP contribution in [0.15, 0.2) is 18.2 Å². The van der Waals surface area contributed by atoms with E-state index in [9.17, 15) is 0 Å². The van der Waals surface area contributed by atoms with Crippen LogP contribution in [0, 0.1) is 5.92 Å². The van der Waals surface area contributed by atoms with Gasteiger partial charge in [-0.1, -0.05) is 38.4 Å². The summed E-state index contributed by atoms with van der Waals surface area (Å²) in [5.41, 5.74) is 2.58. The molecule has 1 aromatic rings. The van der Waals surface area contributed by atoms with Gasteiger partial charge in [0.25, 0.3) is 0 Å². The topological polar surface area (TPSA) is 24.5 Å². The lowest BCUT2D eigenvalue weighted by atomic mass is 10.1. The van der Waals surface area contributed by atoms with Crippen molar-refractivity contribution in [3.63, 3.8) is 0 Å². The number of hydrogen-bond acceptors (Lipinski definition) is 3. The number of hydrogen-bond donors (Lipinski definition) is 1. The third-order valence-electron chi connectivity index (χ3n) is 3.92. The molecular weight excluding hydrogens is 284 g/mol. The maximum absolute atomic E-state index is 6.23.